The SMILES string of the molecule is Cc1[nH]ncc1CNS(=O)(=O)NC(C)(C)C. The molecule has 1 aromatic rings. The van der Waals surface area contributed by atoms with Crippen LogP contribution in [0.3, 0.4) is 0 Å². The lowest BCUT2D eigenvalue weighted by Crippen LogP contribution is -2.46. The molecule has 1 heterocycles. The Morgan fingerprint density at radius 3 is 2.50 bits per heavy atom. The van der Waals surface area contributed by atoms with Crippen LogP contribution in [0.25, 0.3) is 0 Å². The molecule has 0 atom stereocenters. The molecule has 16 heavy (non-hydrogen) atoms. The van der Waals surface area contributed by atoms with E-state index in [-0.39, 0.29) is 6.54 Å². The fourth-order valence-corrected chi connectivity index (χ4v) is 2.39. The predicted molar refractivity (Wildman–Crippen MR) is 62.0 cm³/mol. The molecule has 0 spiro atoms. The first kappa shape index (κ1) is 13.1. The third kappa shape index (κ3) is 4.30. The summed E-state index contributed by atoms with van der Waals surface area (Å²) in [6, 6.07) is 0. The van der Waals surface area contributed by atoms with Crippen molar-refractivity contribution in [1.29, 1.82) is 0 Å². The van der Waals surface area contributed by atoms with Gasteiger partial charge in [0, 0.05) is 23.3 Å². The van der Waals surface area contributed by atoms with Crippen LogP contribution in [0.5, 0.6) is 0 Å². The molecule has 3 N–H and O–H groups in total. The Morgan fingerprint density at radius 2 is 2.06 bits per heavy atom. The van der Waals surface area contributed by atoms with Gasteiger partial charge >= 0.3 is 0 Å². The third-order valence-corrected chi connectivity index (χ3v) is 3.23. The molecule has 0 aromatic carbocycles. The molecule has 0 aliphatic carbocycles. The van der Waals surface area contributed by atoms with Crippen LogP contribution in [-0.2, 0) is 16.8 Å². The average Bonchev–Trinajstić information content (AvgIpc) is 2.43. The number of rotatable bonds is 4. The van der Waals surface area contributed by atoms with Crippen molar-refractivity contribution in [3.8, 4) is 0 Å². The summed E-state index contributed by atoms with van der Waals surface area (Å²) in [5.41, 5.74) is 1.20. The van der Waals surface area contributed by atoms with Gasteiger partial charge in [-0.05, 0) is 27.7 Å². The van der Waals surface area contributed by atoms with Gasteiger partial charge in [-0.2, -0.15) is 23.0 Å². The lowest BCUT2D eigenvalue weighted by Gasteiger charge is -2.20. The normalized spacial score (nSPS) is 13.0. The van der Waals surface area contributed by atoms with Crippen LogP contribution in [0, 0.1) is 6.92 Å². The van der Waals surface area contributed by atoms with Crippen LogP contribution in [0.1, 0.15) is 32.0 Å². The molecule has 92 valence electrons. The van der Waals surface area contributed by atoms with Crippen LogP contribution in [0.15, 0.2) is 6.20 Å². The highest BCUT2D eigenvalue weighted by molar-refractivity contribution is 7.87. The first-order valence-corrected chi connectivity index (χ1v) is 6.45. The van der Waals surface area contributed by atoms with E-state index in [0.29, 0.717) is 0 Å². The molecule has 1 aromatic heterocycles. The zero-order valence-electron chi connectivity index (χ0n) is 9.96. The highest BCUT2D eigenvalue weighted by Gasteiger charge is 2.19. The second-order valence-corrected chi connectivity index (χ2v) is 6.20. The average molecular weight is 246 g/mol. The molecule has 6 nitrogen and oxygen atoms in total. The first-order valence-electron chi connectivity index (χ1n) is 4.97. The number of aromatic nitrogens is 2. The second-order valence-electron chi connectivity index (χ2n) is 4.70. The number of hydrogen-bond donors (Lipinski definition) is 3. The maximum atomic E-state index is 11.6. The minimum atomic E-state index is -3.47. The molecule has 0 radical (unpaired) electrons. The summed E-state index contributed by atoms with van der Waals surface area (Å²) in [7, 11) is -3.47. The monoisotopic (exact) mass is 246 g/mol. The lowest BCUT2D eigenvalue weighted by molar-refractivity contribution is 0.483. The summed E-state index contributed by atoms with van der Waals surface area (Å²) >= 11 is 0. The van der Waals surface area contributed by atoms with E-state index in [0.717, 1.165) is 11.3 Å². The largest absolute Gasteiger partial charge is 0.283 e. The molecule has 0 bridgehead atoms. The van der Waals surface area contributed by atoms with Gasteiger partial charge in [-0.3, -0.25) is 5.10 Å². The van der Waals surface area contributed by atoms with Gasteiger partial charge in [0.25, 0.3) is 10.2 Å². The first-order chi connectivity index (χ1) is 7.20. The Kier molecular flexibility index (Phi) is 3.72. The third-order valence-electron chi connectivity index (χ3n) is 1.83. The van der Waals surface area contributed by atoms with Gasteiger partial charge in [0.2, 0.25) is 0 Å². The number of H-pyrrole nitrogens is 1. The molecule has 0 saturated heterocycles. The summed E-state index contributed by atoms with van der Waals surface area (Å²) in [4.78, 5) is 0. The molecular weight excluding hydrogens is 228 g/mol. The zero-order valence-corrected chi connectivity index (χ0v) is 10.8. The van der Waals surface area contributed by atoms with Gasteiger partial charge < -0.3 is 0 Å². The summed E-state index contributed by atoms with van der Waals surface area (Å²) in [5.74, 6) is 0. The highest BCUT2D eigenvalue weighted by atomic mass is 32.2. The maximum Gasteiger partial charge on any atom is 0.277 e. The Bertz CT molecular complexity index is 444. The number of aromatic amines is 1. The van der Waals surface area contributed by atoms with Crippen molar-refractivity contribution < 1.29 is 8.42 Å². The van der Waals surface area contributed by atoms with Gasteiger partial charge in [-0.15, -0.1) is 0 Å². The summed E-state index contributed by atoms with van der Waals surface area (Å²) in [6.07, 6.45) is 1.61. The molecule has 0 unspecified atom stereocenters. The van der Waals surface area contributed by atoms with Crippen LogP contribution in [0.2, 0.25) is 0 Å². The van der Waals surface area contributed by atoms with E-state index in [4.69, 9.17) is 0 Å². The van der Waals surface area contributed by atoms with Crippen LogP contribution >= 0.6 is 0 Å². The topological polar surface area (TPSA) is 86.9 Å². The van der Waals surface area contributed by atoms with E-state index in [9.17, 15) is 8.42 Å². The van der Waals surface area contributed by atoms with Crippen molar-refractivity contribution in [3.63, 3.8) is 0 Å². The molecule has 0 fully saturated rings. The molecule has 0 saturated carbocycles. The molecule has 0 aliphatic heterocycles. The van der Waals surface area contributed by atoms with Crippen molar-refractivity contribution in [2.75, 3.05) is 0 Å². The van der Waals surface area contributed by atoms with Crippen LogP contribution < -0.4 is 9.44 Å². The van der Waals surface area contributed by atoms with Crippen molar-refractivity contribution in [2.45, 2.75) is 39.8 Å². The van der Waals surface area contributed by atoms with Gasteiger partial charge in [-0.25, -0.2) is 0 Å². The van der Waals surface area contributed by atoms with Crippen LogP contribution in [-0.4, -0.2) is 24.2 Å². The van der Waals surface area contributed by atoms with Crippen molar-refractivity contribution in [3.05, 3.63) is 17.5 Å². The quantitative estimate of drug-likeness (QED) is 0.720. The highest BCUT2D eigenvalue weighted by Crippen LogP contribution is 2.04. The van der Waals surface area contributed by atoms with E-state index in [1.165, 1.54) is 0 Å². The van der Waals surface area contributed by atoms with Gasteiger partial charge in [0.1, 0.15) is 0 Å². The Labute approximate surface area is 96.0 Å². The predicted octanol–water partition coefficient (Wildman–Crippen LogP) is 0.441. The van der Waals surface area contributed by atoms with E-state index in [1.807, 2.05) is 6.92 Å². The summed E-state index contributed by atoms with van der Waals surface area (Å²) in [6.45, 7) is 7.43. The van der Waals surface area contributed by atoms with Gasteiger partial charge in [0.05, 0.1) is 6.20 Å². The van der Waals surface area contributed by atoms with Crippen molar-refractivity contribution >= 4 is 10.2 Å². The fraction of sp³-hybridized carbons (Fsp3) is 0.667. The lowest BCUT2D eigenvalue weighted by atomic mass is 10.1. The zero-order chi connectivity index (χ0) is 12.4. The summed E-state index contributed by atoms with van der Waals surface area (Å²) in [5, 5.41) is 6.56. The number of aryl methyl sites for hydroxylation is 1. The van der Waals surface area contributed by atoms with E-state index >= 15 is 0 Å². The van der Waals surface area contributed by atoms with Crippen molar-refractivity contribution in [2.24, 2.45) is 0 Å². The maximum absolute atomic E-state index is 11.6. The minimum absolute atomic E-state index is 0.230. The molecule has 0 aliphatic rings. The van der Waals surface area contributed by atoms with Gasteiger partial charge in [0.15, 0.2) is 0 Å². The Morgan fingerprint density at radius 1 is 1.44 bits per heavy atom. The molecular formula is C9H18N4O2S. The van der Waals surface area contributed by atoms with E-state index in [2.05, 4.69) is 19.6 Å². The Hall–Kier alpha value is -0.920. The van der Waals surface area contributed by atoms with Crippen LogP contribution in [0.4, 0.5) is 0 Å². The number of hydrogen-bond acceptors (Lipinski definition) is 3. The second kappa shape index (κ2) is 4.52. The minimum Gasteiger partial charge on any atom is -0.283 e. The molecule has 0 amide bonds. The van der Waals surface area contributed by atoms with Crippen molar-refractivity contribution in [1.82, 2.24) is 19.6 Å². The standard InChI is InChI=1S/C9H18N4O2S/c1-7-8(5-10-12-7)6-11-16(14,15)13-9(2,3)4/h5,11,13H,6H2,1-4H3,(H,10,12). The van der Waals surface area contributed by atoms with E-state index in [1.54, 1.807) is 27.0 Å². The molecule has 1 rings (SSSR count). The summed E-state index contributed by atoms with van der Waals surface area (Å²) < 4.78 is 28.2. The molecule has 7 heteroatoms. The fourth-order valence-electron chi connectivity index (χ4n) is 1.17. The number of nitrogens with one attached hydrogen (secondary N) is 3. The van der Waals surface area contributed by atoms with E-state index < -0.39 is 15.7 Å². The Balaban J connectivity index is 2.59. The number of nitrogens with zero attached hydrogens (tertiary/aromatic N) is 1. The smallest absolute Gasteiger partial charge is 0.277 e. The van der Waals surface area contributed by atoms with Gasteiger partial charge in [-0.1, -0.05) is 0 Å².